The van der Waals surface area contributed by atoms with Gasteiger partial charge in [0.05, 0.1) is 11.2 Å². The summed E-state index contributed by atoms with van der Waals surface area (Å²) in [5, 5.41) is 3.18. The maximum Gasteiger partial charge on any atom is 0.225 e. The Hall–Kier alpha value is -3.61. The van der Waals surface area contributed by atoms with Crippen molar-refractivity contribution in [3.8, 4) is 11.3 Å². The van der Waals surface area contributed by atoms with Gasteiger partial charge in [-0.3, -0.25) is 0 Å². The standard InChI is InChI=1S/C22H19F2N5/c1-29(2)21-20-19(12-11-18(26-20)15-5-9-17(24)10-6-15)27-22(28-21)25-13-14-3-7-16(23)8-4-14/h3-12H,13H2,1-2H3,(H,25,27,28). The van der Waals surface area contributed by atoms with Crippen LogP contribution in [0.5, 0.6) is 0 Å². The normalized spacial score (nSPS) is 10.9. The molecule has 0 unspecified atom stereocenters. The molecule has 0 amide bonds. The Labute approximate surface area is 167 Å². The van der Waals surface area contributed by atoms with E-state index < -0.39 is 0 Å². The van der Waals surface area contributed by atoms with E-state index in [0.29, 0.717) is 29.3 Å². The van der Waals surface area contributed by atoms with Gasteiger partial charge in [0.25, 0.3) is 0 Å². The molecule has 0 spiro atoms. The van der Waals surface area contributed by atoms with Crippen LogP contribution in [-0.4, -0.2) is 29.0 Å². The SMILES string of the molecule is CN(C)c1nc(NCc2ccc(F)cc2)nc2ccc(-c3ccc(F)cc3)nc12. The van der Waals surface area contributed by atoms with Gasteiger partial charge in [0, 0.05) is 26.2 Å². The summed E-state index contributed by atoms with van der Waals surface area (Å²) in [5.41, 5.74) is 3.80. The van der Waals surface area contributed by atoms with Crippen LogP contribution in [0.4, 0.5) is 20.5 Å². The number of hydrogen-bond donors (Lipinski definition) is 1. The Kier molecular flexibility index (Phi) is 5.03. The third kappa shape index (κ3) is 4.13. The highest BCUT2D eigenvalue weighted by molar-refractivity contribution is 5.88. The number of anilines is 2. The number of fused-ring (bicyclic) bond motifs is 1. The van der Waals surface area contributed by atoms with Crippen LogP contribution >= 0.6 is 0 Å². The first-order valence-corrected chi connectivity index (χ1v) is 9.10. The zero-order valence-corrected chi connectivity index (χ0v) is 16.0. The van der Waals surface area contributed by atoms with Crippen molar-refractivity contribution in [1.82, 2.24) is 15.0 Å². The van der Waals surface area contributed by atoms with E-state index in [1.165, 1.54) is 24.3 Å². The number of benzene rings is 2. The molecule has 29 heavy (non-hydrogen) atoms. The molecule has 5 nitrogen and oxygen atoms in total. The summed E-state index contributed by atoms with van der Waals surface area (Å²) in [4.78, 5) is 15.7. The molecule has 0 aliphatic heterocycles. The lowest BCUT2D eigenvalue weighted by Gasteiger charge is -2.16. The van der Waals surface area contributed by atoms with Crippen molar-refractivity contribution in [3.05, 3.63) is 77.9 Å². The molecule has 0 aliphatic carbocycles. The lowest BCUT2D eigenvalue weighted by Crippen LogP contribution is -2.14. The van der Waals surface area contributed by atoms with E-state index in [1.807, 2.05) is 31.1 Å². The van der Waals surface area contributed by atoms with Crippen molar-refractivity contribution in [1.29, 1.82) is 0 Å². The minimum absolute atomic E-state index is 0.270. The molecule has 2 aromatic carbocycles. The largest absolute Gasteiger partial charge is 0.361 e. The van der Waals surface area contributed by atoms with Crippen molar-refractivity contribution in [2.75, 3.05) is 24.3 Å². The van der Waals surface area contributed by atoms with E-state index >= 15 is 0 Å². The first-order chi connectivity index (χ1) is 14.0. The Bertz CT molecular complexity index is 1140. The van der Waals surface area contributed by atoms with Crippen molar-refractivity contribution in [2.45, 2.75) is 6.54 Å². The van der Waals surface area contributed by atoms with Gasteiger partial charge in [-0.25, -0.2) is 18.7 Å². The molecule has 0 radical (unpaired) electrons. The van der Waals surface area contributed by atoms with Gasteiger partial charge in [-0.15, -0.1) is 0 Å². The van der Waals surface area contributed by atoms with Crippen LogP contribution in [0.2, 0.25) is 0 Å². The van der Waals surface area contributed by atoms with Crippen molar-refractivity contribution in [2.24, 2.45) is 0 Å². The summed E-state index contributed by atoms with van der Waals surface area (Å²) in [7, 11) is 3.77. The van der Waals surface area contributed by atoms with Crippen LogP contribution in [0.15, 0.2) is 60.7 Å². The number of hydrogen-bond acceptors (Lipinski definition) is 5. The minimum Gasteiger partial charge on any atom is -0.361 e. The molecule has 4 rings (SSSR count). The highest BCUT2D eigenvalue weighted by atomic mass is 19.1. The van der Waals surface area contributed by atoms with Crippen LogP contribution in [-0.2, 0) is 6.54 Å². The number of halogens is 2. The van der Waals surface area contributed by atoms with E-state index in [-0.39, 0.29) is 11.6 Å². The molecule has 4 aromatic rings. The van der Waals surface area contributed by atoms with Crippen molar-refractivity contribution in [3.63, 3.8) is 0 Å². The van der Waals surface area contributed by atoms with Crippen LogP contribution in [0.3, 0.4) is 0 Å². The number of rotatable bonds is 5. The van der Waals surface area contributed by atoms with Gasteiger partial charge >= 0.3 is 0 Å². The van der Waals surface area contributed by atoms with Gasteiger partial charge in [-0.1, -0.05) is 12.1 Å². The Balaban J connectivity index is 1.68. The highest BCUT2D eigenvalue weighted by Gasteiger charge is 2.13. The lowest BCUT2D eigenvalue weighted by atomic mass is 10.1. The Morgan fingerprint density at radius 3 is 2.10 bits per heavy atom. The van der Waals surface area contributed by atoms with Gasteiger partial charge in [-0.05, 0) is 54.1 Å². The van der Waals surface area contributed by atoms with Crippen molar-refractivity contribution < 1.29 is 8.78 Å². The molecule has 2 aromatic heterocycles. The summed E-state index contributed by atoms with van der Waals surface area (Å²) >= 11 is 0. The Morgan fingerprint density at radius 1 is 0.793 bits per heavy atom. The van der Waals surface area contributed by atoms with E-state index in [9.17, 15) is 8.78 Å². The molecule has 0 bridgehead atoms. The first-order valence-electron chi connectivity index (χ1n) is 9.10. The smallest absolute Gasteiger partial charge is 0.225 e. The van der Waals surface area contributed by atoms with E-state index in [2.05, 4.69) is 15.3 Å². The summed E-state index contributed by atoms with van der Waals surface area (Å²) in [6.45, 7) is 0.472. The minimum atomic E-state index is -0.288. The third-order valence-electron chi connectivity index (χ3n) is 4.45. The zero-order chi connectivity index (χ0) is 20.4. The van der Waals surface area contributed by atoms with Gasteiger partial charge in [0.2, 0.25) is 5.95 Å². The van der Waals surface area contributed by atoms with Crippen molar-refractivity contribution >= 4 is 22.8 Å². The fourth-order valence-corrected chi connectivity index (χ4v) is 2.95. The molecule has 0 saturated carbocycles. The zero-order valence-electron chi connectivity index (χ0n) is 16.0. The van der Waals surface area contributed by atoms with Crippen LogP contribution in [0.25, 0.3) is 22.3 Å². The van der Waals surface area contributed by atoms with Crippen LogP contribution < -0.4 is 10.2 Å². The van der Waals surface area contributed by atoms with E-state index in [0.717, 1.165) is 16.8 Å². The highest BCUT2D eigenvalue weighted by Crippen LogP contribution is 2.26. The van der Waals surface area contributed by atoms with E-state index in [4.69, 9.17) is 4.98 Å². The monoisotopic (exact) mass is 391 g/mol. The summed E-state index contributed by atoms with van der Waals surface area (Å²) < 4.78 is 26.3. The first kappa shape index (κ1) is 18.7. The van der Waals surface area contributed by atoms with Gasteiger partial charge < -0.3 is 10.2 Å². The van der Waals surface area contributed by atoms with Crippen LogP contribution in [0, 0.1) is 11.6 Å². The summed E-state index contributed by atoms with van der Waals surface area (Å²) in [5.74, 6) is 0.569. The lowest BCUT2D eigenvalue weighted by molar-refractivity contribution is 0.627. The maximum absolute atomic E-state index is 13.2. The second-order valence-electron chi connectivity index (χ2n) is 6.82. The molecule has 0 fully saturated rings. The van der Waals surface area contributed by atoms with Gasteiger partial charge in [0.15, 0.2) is 5.82 Å². The molecule has 146 valence electrons. The fourth-order valence-electron chi connectivity index (χ4n) is 2.95. The molecular weight excluding hydrogens is 372 g/mol. The predicted molar refractivity (Wildman–Crippen MR) is 111 cm³/mol. The van der Waals surface area contributed by atoms with Gasteiger partial charge in [-0.2, -0.15) is 4.98 Å². The van der Waals surface area contributed by atoms with Gasteiger partial charge in [0.1, 0.15) is 17.2 Å². The molecule has 1 N–H and O–H groups in total. The topological polar surface area (TPSA) is 53.9 Å². The molecule has 0 saturated heterocycles. The summed E-state index contributed by atoms with van der Waals surface area (Å²) in [6, 6.07) is 16.2. The Morgan fingerprint density at radius 2 is 1.45 bits per heavy atom. The number of nitrogens with zero attached hydrogens (tertiary/aromatic N) is 4. The number of aromatic nitrogens is 3. The molecule has 0 atom stereocenters. The average Bonchev–Trinajstić information content (AvgIpc) is 2.73. The quantitative estimate of drug-likeness (QED) is 0.537. The second kappa shape index (κ2) is 7.79. The van der Waals surface area contributed by atoms with Crippen LogP contribution in [0.1, 0.15) is 5.56 Å². The molecule has 2 heterocycles. The predicted octanol–water partition coefficient (Wildman–Crippen LogP) is 4.65. The molecular formula is C22H19F2N5. The number of pyridine rings is 1. The number of nitrogens with one attached hydrogen (secondary N) is 1. The molecule has 0 aliphatic rings. The maximum atomic E-state index is 13.2. The van der Waals surface area contributed by atoms with E-state index in [1.54, 1.807) is 24.3 Å². The fraction of sp³-hybridized carbons (Fsp3) is 0.136. The molecule has 7 heteroatoms. The second-order valence-corrected chi connectivity index (χ2v) is 6.82. The summed E-state index contributed by atoms with van der Waals surface area (Å²) in [6.07, 6.45) is 0. The average molecular weight is 391 g/mol. The third-order valence-corrected chi connectivity index (χ3v) is 4.45.